The van der Waals surface area contributed by atoms with Crippen molar-refractivity contribution in [2.75, 3.05) is 5.32 Å². The van der Waals surface area contributed by atoms with Crippen molar-refractivity contribution < 1.29 is 23.5 Å². The molecule has 1 amide bonds. The van der Waals surface area contributed by atoms with Crippen molar-refractivity contribution >= 4 is 29.2 Å². The van der Waals surface area contributed by atoms with Gasteiger partial charge in [0.25, 0.3) is 5.91 Å². The molecule has 108 valence electrons. The van der Waals surface area contributed by atoms with Gasteiger partial charge in [-0.2, -0.15) is 0 Å². The molecule has 1 aromatic heterocycles. The molecule has 1 heterocycles. The van der Waals surface area contributed by atoms with E-state index < -0.39 is 29.1 Å². The minimum Gasteiger partial charge on any atom is -0.478 e. The summed E-state index contributed by atoms with van der Waals surface area (Å²) in [5, 5.41) is 11.3. The Kier molecular flexibility index (Phi) is 4.13. The van der Waals surface area contributed by atoms with Crippen LogP contribution in [0.5, 0.6) is 0 Å². The highest BCUT2D eigenvalue weighted by molar-refractivity contribution is 6.29. The van der Waals surface area contributed by atoms with Crippen LogP contribution in [-0.4, -0.2) is 22.0 Å². The van der Waals surface area contributed by atoms with E-state index in [0.717, 1.165) is 6.20 Å². The van der Waals surface area contributed by atoms with E-state index in [0.29, 0.717) is 12.1 Å². The van der Waals surface area contributed by atoms with Crippen molar-refractivity contribution in [3.63, 3.8) is 0 Å². The number of nitrogens with zero attached hydrogens (tertiary/aromatic N) is 1. The fraction of sp³-hybridized carbons (Fsp3) is 0. The zero-order valence-electron chi connectivity index (χ0n) is 10.2. The maximum atomic E-state index is 13.2. The first-order chi connectivity index (χ1) is 9.88. The molecule has 0 unspecified atom stereocenters. The number of pyridine rings is 1. The molecule has 0 spiro atoms. The van der Waals surface area contributed by atoms with Gasteiger partial charge in [-0.1, -0.05) is 11.6 Å². The molecule has 0 saturated carbocycles. The van der Waals surface area contributed by atoms with Gasteiger partial charge in [0.15, 0.2) is 11.6 Å². The quantitative estimate of drug-likeness (QED) is 0.854. The smallest absolute Gasteiger partial charge is 0.337 e. The van der Waals surface area contributed by atoms with E-state index in [9.17, 15) is 18.4 Å². The Bertz CT molecular complexity index is 720. The molecule has 0 radical (unpaired) electrons. The van der Waals surface area contributed by atoms with Crippen LogP contribution in [0, 0.1) is 11.6 Å². The Balaban J connectivity index is 2.34. The molecule has 0 bridgehead atoms. The number of hydrogen-bond acceptors (Lipinski definition) is 3. The molecule has 2 N–H and O–H groups in total. The summed E-state index contributed by atoms with van der Waals surface area (Å²) >= 11 is 5.57. The topological polar surface area (TPSA) is 79.3 Å². The first-order valence-corrected chi connectivity index (χ1v) is 5.91. The van der Waals surface area contributed by atoms with Crippen LogP contribution >= 0.6 is 11.6 Å². The zero-order valence-corrected chi connectivity index (χ0v) is 11.0. The summed E-state index contributed by atoms with van der Waals surface area (Å²) in [6.45, 7) is 0. The molecule has 0 aliphatic heterocycles. The van der Waals surface area contributed by atoms with Crippen molar-refractivity contribution in [3.8, 4) is 0 Å². The Hall–Kier alpha value is -2.54. The maximum absolute atomic E-state index is 13.2. The Morgan fingerprint density at radius 2 is 1.86 bits per heavy atom. The summed E-state index contributed by atoms with van der Waals surface area (Å²) in [5.41, 5.74) is -0.842. The minimum absolute atomic E-state index is 0.0838. The van der Waals surface area contributed by atoms with Crippen LogP contribution in [0.15, 0.2) is 30.5 Å². The monoisotopic (exact) mass is 312 g/mol. The second-order valence-electron chi connectivity index (χ2n) is 3.94. The number of carboxylic acid groups (broad SMARTS) is 1. The first-order valence-electron chi connectivity index (χ1n) is 5.53. The molecule has 2 rings (SSSR count). The van der Waals surface area contributed by atoms with E-state index in [1.165, 1.54) is 12.1 Å². The lowest BCUT2D eigenvalue weighted by molar-refractivity contribution is 0.0697. The van der Waals surface area contributed by atoms with Gasteiger partial charge in [-0.05, 0) is 18.2 Å². The number of rotatable bonds is 3. The normalized spacial score (nSPS) is 10.2. The van der Waals surface area contributed by atoms with Gasteiger partial charge in [0.05, 0.1) is 16.8 Å². The second-order valence-corrected chi connectivity index (χ2v) is 4.33. The number of carboxylic acids is 1. The number of halogens is 3. The number of anilines is 1. The number of carbonyl (C=O) groups is 2. The van der Waals surface area contributed by atoms with E-state index in [2.05, 4.69) is 10.3 Å². The minimum atomic E-state index is -1.50. The van der Waals surface area contributed by atoms with Gasteiger partial charge in [0.2, 0.25) is 0 Å². The van der Waals surface area contributed by atoms with Gasteiger partial charge in [0, 0.05) is 12.3 Å². The molecular formula is C13H7ClF2N2O3. The predicted octanol–water partition coefficient (Wildman–Crippen LogP) is 2.96. The van der Waals surface area contributed by atoms with Crippen molar-refractivity contribution in [1.82, 2.24) is 4.98 Å². The van der Waals surface area contributed by atoms with Gasteiger partial charge < -0.3 is 10.4 Å². The molecule has 0 atom stereocenters. The van der Waals surface area contributed by atoms with Crippen molar-refractivity contribution in [1.29, 1.82) is 0 Å². The van der Waals surface area contributed by atoms with E-state index in [1.807, 2.05) is 0 Å². The number of hydrogen-bond donors (Lipinski definition) is 2. The van der Waals surface area contributed by atoms with E-state index >= 15 is 0 Å². The molecule has 0 saturated heterocycles. The van der Waals surface area contributed by atoms with Crippen LogP contribution in [0.25, 0.3) is 0 Å². The SMILES string of the molecule is O=C(Nc1cc(F)c(F)cc1C(=O)O)c1ccc(Cl)nc1. The highest BCUT2D eigenvalue weighted by Gasteiger charge is 2.17. The third-order valence-electron chi connectivity index (χ3n) is 2.53. The molecule has 2 aromatic rings. The van der Waals surface area contributed by atoms with Crippen LogP contribution in [-0.2, 0) is 0 Å². The van der Waals surface area contributed by atoms with Crippen LogP contribution in [0.3, 0.4) is 0 Å². The molecule has 0 aliphatic rings. The molecule has 0 fully saturated rings. The van der Waals surface area contributed by atoms with Crippen LogP contribution in [0.2, 0.25) is 5.15 Å². The van der Waals surface area contributed by atoms with Gasteiger partial charge in [-0.15, -0.1) is 0 Å². The number of carbonyl (C=O) groups excluding carboxylic acids is 1. The van der Waals surface area contributed by atoms with Gasteiger partial charge in [-0.3, -0.25) is 4.79 Å². The lowest BCUT2D eigenvalue weighted by Crippen LogP contribution is -2.15. The fourth-order valence-electron chi connectivity index (χ4n) is 1.53. The van der Waals surface area contributed by atoms with Gasteiger partial charge >= 0.3 is 5.97 Å². The van der Waals surface area contributed by atoms with Crippen LogP contribution in [0.4, 0.5) is 14.5 Å². The highest BCUT2D eigenvalue weighted by atomic mass is 35.5. The highest BCUT2D eigenvalue weighted by Crippen LogP contribution is 2.21. The fourth-order valence-corrected chi connectivity index (χ4v) is 1.64. The van der Waals surface area contributed by atoms with E-state index in [-0.39, 0.29) is 16.4 Å². The number of aromatic carboxylic acids is 1. The largest absolute Gasteiger partial charge is 0.478 e. The van der Waals surface area contributed by atoms with Crippen molar-refractivity contribution in [2.45, 2.75) is 0 Å². The molecule has 8 heteroatoms. The van der Waals surface area contributed by atoms with Crippen molar-refractivity contribution in [3.05, 3.63) is 58.4 Å². The molecule has 21 heavy (non-hydrogen) atoms. The lowest BCUT2D eigenvalue weighted by atomic mass is 10.1. The van der Waals surface area contributed by atoms with Gasteiger partial charge in [-0.25, -0.2) is 18.6 Å². The Labute approximate surface area is 122 Å². The Morgan fingerprint density at radius 3 is 2.43 bits per heavy atom. The number of amides is 1. The average Bonchev–Trinajstić information content (AvgIpc) is 2.43. The zero-order chi connectivity index (χ0) is 15.6. The maximum Gasteiger partial charge on any atom is 0.337 e. The third-order valence-corrected chi connectivity index (χ3v) is 2.75. The first kappa shape index (κ1) is 14.9. The summed E-state index contributed by atoms with van der Waals surface area (Å²) in [6.07, 6.45) is 1.16. The summed E-state index contributed by atoms with van der Waals surface area (Å²) in [7, 11) is 0. The number of aromatic nitrogens is 1. The second kappa shape index (κ2) is 5.84. The lowest BCUT2D eigenvalue weighted by Gasteiger charge is -2.09. The summed E-state index contributed by atoms with van der Waals surface area (Å²) in [4.78, 5) is 26.6. The molecule has 5 nitrogen and oxygen atoms in total. The van der Waals surface area contributed by atoms with Crippen molar-refractivity contribution in [2.24, 2.45) is 0 Å². The summed E-state index contributed by atoms with van der Waals surface area (Å²) < 4.78 is 26.2. The van der Waals surface area contributed by atoms with Crippen LogP contribution < -0.4 is 5.32 Å². The average molecular weight is 313 g/mol. The Morgan fingerprint density at radius 1 is 1.19 bits per heavy atom. The predicted molar refractivity (Wildman–Crippen MR) is 70.5 cm³/mol. The third kappa shape index (κ3) is 3.32. The van der Waals surface area contributed by atoms with E-state index in [1.54, 1.807) is 0 Å². The molecule has 1 aromatic carbocycles. The van der Waals surface area contributed by atoms with Crippen LogP contribution in [0.1, 0.15) is 20.7 Å². The summed E-state index contributed by atoms with van der Waals surface area (Å²) in [6, 6.07) is 3.80. The summed E-state index contributed by atoms with van der Waals surface area (Å²) in [5.74, 6) is -4.82. The number of benzene rings is 1. The van der Waals surface area contributed by atoms with E-state index in [4.69, 9.17) is 16.7 Å². The number of nitrogens with one attached hydrogen (secondary N) is 1. The standard InChI is InChI=1S/C13H7ClF2N2O3/c14-11-2-1-6(5-17-11)12(19)18-10-4-9(16)8(15)3-7(10)13(20)21/h1-5H,(H,18,19)(H,20,21). The molecule has 0 aliphatic carbocycles. The van der Waals surface area contributed by atoms with Gasteiger partial charge in [0.1, 0.15) is 5.15 Å². The molecular weight excluding hydrogens is 306 g/mol.